The maximum absolute atomic E-state index is 12.5. The van der Waals surface area contributed by atoms with Crippen LogP contribution in [0.1, 0.15) is 23.1 Å². The Balaban J connectivity index is 1.56. The summed E-state index contributed by atoms with van der Waals surface area (Å²) in [4.78, 5) is 26.3. The zero-order chi connectivity index (χ0) is 18.4. The van der Waals surface area contributed by atoms with Gasteiger partial charge in [0.25, 0.3) is 0 Å². The highest BCUT2D eigenvalue weighted by Crippen LogP contribution is 2.16. The van der Waals surface area contributed by atoms with Gasteiger partial charge in [0, 0.05) is 19.2 Å². The molecule has 1 aliphatic rings. The molecule has 1 saturated heterocycles. The minimum Gasteiger partial charge on any atom is -0.341 e. The predicted molar refractivity (Wildman–Crippen MR) is 98.6 cm³/mol. The summed E-state index contributed by atoms with van der Waals surface area (Å²) < 4.78 is 0. The molecule has 1 aliphatic heterocycles. The number of nitrogens with zero attached hydrogens (tertiary/aromatic N) is 2. The summed E-state index contributed by atoms with van der Waals surface area (Å²) in [6, 6.07) is 18.3. The first-order valence-corrected chi connectivity index (χ1v) is 8.47. The standard InChI is InChI=1S/C21H19N3O2/c22-14-17-7-4-8-18(13-17)15-24-12-11-19(21(24)26)23-20(25)10-9-16-5-2-1-3-6-16/h1-10,13,19H,11-12,15H2,(H,23,25)/t19-/m0/s1. The van der Waals surface area contributed by atoms with E-state index in [2.05, 4.69) is 11.4 Å². The summed E-state index contributed by atoms with van der Waals surface area (Å²) in [6.45, 7) is 1.03. The molecule has 130 valence electrons. The molecule has 26 heavy (non-hydrogen) atoms. The molecule has 2 amide bonds. The normalized spacial score (nSPS) is 16.7. The highest BCUT2D eigenvalue weighted by molar-refractivity contribution is 5.96. The maximum Gasteiger partial charge on any atom is 0.245 e. The van der Waals surface area contributed by atoms with Gasteiger partial charge >= 0.3 is 0 Å². The SMILES string of the molecule is N#Cc1cccc(CN2CC[C@H](NC(=O)C=Cc3ccccc3)C2=O)c1. The molecule has 0 saturated carbocycles. The lowest BCUT2D eigenvalue weighted by Crippen LogP contribution is -2.40. The van der Waals surface area contributed by atoms with Crippen LogP contribution in [0.3, 0.4) is 0 Å². The lowest BCUT2D eigenvalue weighted by molar-refractivity contribution is -0.132. The van der Waals surface area contributed by atoms with Crippen LogP contribution in [0.5, 0.6) is 0 Å². The van der Waals surface area contributed by atoms with E-state index in [-0.39, 0.29) is 11.8 Å². The van der Waals surface area contributed by atoms with Gasteiger partial charge in [0.15, 0.2) is 0 Å². The van der Waals surface area contributed by atoms with Gasteiger partial charge in [-0.1, -0.05) is 42.5 Å². The molecule has 0 bridgehead atoms. The van der Waals surface area contributed by atoms with Crippen molar-refractivity contribution in [1.82, 2.24) is 10.2 Å². The monoisotopic (exact) mass is 345 g/mol. The number of carbonyl (C=O) groups excluding carboxylic acids is 2. The zero-order valence-electron chi connectivity index (χ0n) is 14.3. The van der Waals surface area contributed by atoms with Crippen LogP contribution in [0.15, 0.2) is 60.7 Å². The fourth-order valence-corrected chi connectivity index (χ4v) is 2.95. The molecular weight excluding hydrogens is 326 g/mol. The van der Waals surface area contributed by atoms with Crippen molar-refractivity contribution < 1.29 is 9.59 Å². The van der Waals surface area contributed by atoms with E-state index < -0.39 is 6.04 Å². The molecule has 3 rings (SSSR count). The topological polar surface area (TPSA) is 73.2 Å². The molecule has 2 aromatic rings. The number of nitrogens with one attached hydrogen (secondary N) is 1. The molecular formula is C21H19N3O2. The highest BCUT2D eigenvalue weighted by Gasteiger charge is 2.32. The molecule has 5 heteroatoms. The molecule has 0 radical (unpaired) electrons. The number of carbonyl (C=O) groups is 2. The number of amides is 2. The largest absolute Gasteiger partial charge is 0.341 e. The van der Waals surface area contributed by atoms with E-state index in [1.165, 1.54) is 6.08 Å². The van der Waals surface area contributed by atoms with E-state index in [4.69, 9.17) is 5.26 Å². The van der Waals surface area contributed by atoms with Crippen molar-refractivity contribution in [3.05, 3.63) is 77.4 Å². The Morgan fingerprint density at radius 2 is 2.04 bits per heavy atom. The number of nitriles is 1. The summed E-state index contributed by atoms with van der Waals surface area (Å²) >= 11 is 0. The number of hydrogen-bond donors (Lipinski definition) is 1. The Labute approximate surface area is 152 Å². The Morgan fingerprint density at radius 3 is 2.81 bits per heavy atom. The fraction of sp³-hybridized carbons (Fsp3) is 0.190. The average molecular weight is 345 g/mol. The van der Waals surface area contributed by atoms with Crippen molar-refractivity contribution in [2.75, 3.05) is 6.54 Å². The van der Waals surface area contributed by atoms with Crippen LogP contribution in [0.2, 0.25) is 0 Å². The summed E-state index contributed by atoms with van der Waals surface area (Å²) in [5.41, 5.74) is 2.41. The molecule has 1 heterocycles. The van der Waals surface area contributed by atoms with Crippen LogP contribution < -0.4 is 5.32 Å². The molecule has 2 aromatic carbocycles. The van der Waals surface area contributed by atoms with Crippen molar-refractivity contribution in [2.45, 2.75) is 19.0 Å². The van der Waals surface area contributed by atoms with Gasteiger partial charge in [-0.3, -0.25) is 9.59 Å². The van der Waals surface area contributed by atoms with Crippen LogP contribution in [-0.2, 0) is 16.1 Å². The lowest BCUT2D eigenvalue weighted by Gasteiger charge is -2.17. The van der Waals surface area contributed by atoms with Crippen LogP contribution in [0.25, 0.3) is 6.08 Å². The Kier molecular flexibility index (Phi) is 5.45. The van der Waals surface area contributed by atoms with Gasteiger partial charge in [-0.25, -0.2) is 0 Å². The molecule has 0 aliphatic carbocycles. The molecule has 0 aromatic heterocycles. The first-order valence-electron chi connectivity index (χ1n) is 8.47. The number of hydrogen-bond acceptors (Lipinski definition) is 3. The van der Waals surface area contributed by atoms with Crippen molar-refractivity contribution in [2.24, 2.45) is 0 Å². The second kappa shape index (κ2) is 8.13. The number of likely N-dealkylation sites (tertiary alicyclic amines) is 1. The smallest absolute Gasteiger partial charge is 0.245 e. The Bertz CT molecular complexity index is 868. The van der Waals surface area contributed by atoms with Crippen LogP contribution in [0.4, 0.5) is 0 Å². The third kappa shape index (κ3) is 4.37. The average Bonchev–Trinajstić information content (AvgIpc) is 3.01. The third-order valence-electron chi connectivity index (χ3n) is 4.27. The van der Waals surface area contributed by atoms with E-state index in [0.717, 1.165) is 11.1 Å². The van der Waals surface area contributed by atoms with E-state index >= 15 is 0 Å². The van der Waals surface area contributed by atoms with E-state index in [1.54, 1.807) is 23.1 Å². The van der Waals surface area contributed by atoms with Crippen LogP contribution in [-0.4, -0.2) is 29.3 Å². The Morgan fingerprint density at radius 1 is 1.23 bits per heavy atom. The minimum absolute atomic E-state index is 0.0891. The summed E-state index contributed by atoms with van der Waals surface area (Å²) in [5.74, 6) is -0.366. The summed E-state index contributed by atoms with van der Waals surface area (Å²) in [5, 5.41) is 11.7. The molecule has 0 unspecified atom stereocenters. The van der Waals surface area contributed by atoms with Crippen molar-refractivity contribution in [3.63, 3.8) is 0 Å². The molecule has 1 atom stereocenters. The van der Waals surface area contributed by atoms with Crippen molar-refractivity contribution in [3.8, 4) is 6.07 Å². The van der Waals surface area contributed by atoms with Crippen molar-refractivity contribution >= 4 is 17.9 Å². The van der Waals surface area contributed by atoms with Gasteiger partial charge in [-0.05, 0) is 35.8 Å². The minimum atomic E-state index is -0.498. The third-order valence-corrected chi connectivity index (χ3v) is 4.27. The van der Waals surface area contributed by atoms with Gasteiger partial charge in [0.1, 0.15) is 6.04 Å². The number of rotatable bonds is 5. The molecule has 1 fully saturated rings. The van der Waals surface area contributed by atoms with E-state index in [9.17, 15) is 9.59 Å². The molecule has 5 nitrogen and oxygen atoms in total. The van der Waals surface area contributed by atoms with E-state index in [0.29, 0.717) is 25.1 Å². The molecule has 1 N–H and O–H groups in total. The summed E-state index contributed by atoms with van der Waals surface area (Å²) in [7, 11) is 0. The number of benzene rings is 2. The van der Waals surface area contributed by atoms with Crippen LogP contribution in [0, 0.1) is 11.3 Å². The van der Waals surface area contributed by atoms with Gasteiger partial charge in [-0.15, -0.1) is 0 Å². The predicted octanol–water partition coefficient (Wildman–Crippen LogP) is 2.49. The van der Waals surface area contributed by atoms with Crippen molar-refractivity contribution in [1.29, 1.82) is 5.26 Å². The second-order valence-electron chi connectivity index (χ2n) is 6.17. The molecule has 0 spiro atoms. The highest BCUT2D eigenvalue weighted by atomic mass is 16.2. The Hall–Kier alpha value is -3.39. The lowest BCUT2D eigenvalue weighted by atomic mass is 10.1. The first-order chi connectivity index (χ1) is 12.7. The van der Waals surface area contributed by atoms with Crippen LogP contribution >= 0.6 is 0 Å². The van der Waals surface area contributed by atoms with Gasteiger partial charge in [0.05, 0.1) is 11.6 Å². The summed E-state index contributed by atoms with van der Waals surface area (Å²) in [6.07, 6.45) is 3.75. The zero-order valence-corrected chi connectivity index (χ0v) is 14.3. The fourth-order valence-electron chi connectivity index (χ4n) is 2.95. The second-order valence-corrected chi connectivity index (χ2v) is 6.17. The van der Waals surface area contributed by atoms with Gasteiger partial charge < -0.3 is 10.2 Å². The van der Waals surface area contributed by atoms with Gasteiger partial charge in [-0.2, -0.15) is 5.26 Å². The first kappa shape index (κ1) is 17.4. The van der Waals surface area contributed by atoms with Gasteiger partial charge in [0.2, 0.25) is 11.8 Å². The maximum atomic E-state index is 12.5. The van der Waals surface area contributed by atoms with E-state index in [1.807, 2.05) is 42.5 Å². The quantitative estimate of drug-likeness (QED) is 0.846.